The number of thiophene rings is 1. The minimum Gasteiger partial charge on any atom is -0.312 e. The standard InChI is InChI=1S/C14H25N3O2S2/c1-5-15-9-13-11(2)8-14(20-13)21(18,19)17-7-6-12(10-17)16(3)4/h8,12,15H,5-7,9-10H2,1-4H3. The summed E-state index contributed by atoms with van der Waals surface area (Å²) >= 11 is 1.40. The first-order chi connectivity index (χ1) is 9.86. The molecule has 1 aromatic heterocycles. The lowest BCUT2D eigenvalue weighted by Gasteiger charge is -2.19. The molecule has 1 N–H and O–H groups in total. The Bertz CT molecular complexity index is 581. The summed E-state index contributed by atoms with van der Waals surface area (Å²) in [6.07, 6.45) is 0.904. The normalized spacial score (nSPS) is 20.5. The van der Waals surface area contributed by atoms with E-state index >= 15 is 0 Å². The van der Waals surface area contributed by atoms with Gasteiger partial charge in [0, 0.05) is 30.6 Å². The maximum absolute atomic E-state index is 12.7. The third-order valence-electron chi connectivity index (χ3n) is 3.98. The minimum absolute atomic E-state index is 0.321. The predicted octanol–water partition coefficient (Wildman–Crippen LogP) is 1.49. The van der Waals surface area contributed by atoms with Crippen LogP contribution in [0, 0.1) is 6.92 Å². The van der Waals surface area contributed by atoms with Crippen LogP contribution in [0.15, 0.2) is 10.3 Å². The van der Waals surface area contributed by atoms with Crippen molar-refractivity contribution in [3.05, 3.63) is 16.5 Å². The van der Waals surface area contributed by atoms with Gasteiger partial charge in [0.05, 0.1) is 0 Å². The zero-order chi connectivity index (χ0) is 15.6. The molecule has 1 aromatic rings. The SMILES string of the molecule is CCNCc1sc(S(=O)(=O)N2CCC(N(C)C)C2)cc1C. The summed E-state index contributed by atoms with van der Waals surface area (Å²) in [4.78, 5) is 3.21. The smallest absolute Gasteiger partial charge is 0.252 e. The fraction of sp³-hybridized carbons (Fsp3) is 0.714. The molecule has 0 spiro atoms. The third-order valence-corrected chi connectivity index (χ3v) is 7.54. The van der Waals surface area contributed by atoms with E-state index in [-0.39, 0.29) is 0 Å². The third kappa shape index (κ3) is 3.65. The van der Waals surface area contributed by atoms with E-state index in [2.05, 4.69) is 10.2 Å². The fourth-order valence-electron chi connectivity index (χ4n) is 2.51. The maximum Gasteiger partial charge on any atom is 0.252 e. The van der Waals surface area contributed by atoms with Crippen LogP contribution in [0.3, 0.4) is 0 Å². The molecular formula is C14H25N3O2S2. The van der Waals surface area contributed by atoms with Gasteiger partial charge in [-0.1, -0.05) is 6.92 Å². The number of nitrogens with zero attached hydrogens (tertiary/aromatic N) is 2. The van der Waals surface area contributed by atoms with Gasteiger partial charge in [-0.25, -0.2) is 8.42 Å². The second-order valence-electron chi connectivity index (χ2n) is 5.72. The lowest BCUT2D eigenvalue weighted by molar-refractivity contribution is 0.302. The quantitative estimate of drug-likeness (QED) is 0.858. The Kier molecular flexibility index (Phi) is 5.43. The molecule has 21 heavy (non-hydrogen) atoms. The van der Waals surface area contributed by atoms with E-state index in [1.807, 2.05) is 34.0 Å². The lowest BCUT2D eigenvalue weighted by atomic mass is 10.2. The summed E-state index contributed by atoms with van der Waals surface area (Å²) in [5.41, 5.74) is 1.06. The molecule has 2 heterocycles. The molecule has 0 radical (unpaired) electrons. The first-order valence-corrected chi connectivity index (χ1v) is 9.58. The number of likely N-dealkylation sites (N-methyl/N-ethyl adjacent to an activating group) is 1. The zero-order valence-electron chi connectivity index (χ0n) is 13.2. The Balaban J connectivity index is 2.17. The second-order valence-corrected chi connectivity index (χ2v) is 9.02. The van der Waals surface area contributed by atoms with Crippen molar-refractivity contribution in [3.63, 3.8) is 0 Å². The van der Waals surface area contributed by atoms with Crippen molar-refractivity contribution in [2.75, 3.05) is 33.7 Å². The molecule has 0 aromatic carbocycles. The molecule has 5 nitrogen and oxygen atoms in total. The van der Waals surface area contributed by atoms with Crippen LogP contribution in [0.25, 0.3) is 0 Å². The molecule has 1 aliphatic heterocycles. The van der Waals surface area contributed by atoms with E-state index in [0.717, 1.165) is 30.0 Å². The molecule has 1 fully saturated rings. The van der Waals surface area contributed by atoms with Gasteiger partial charge >= 0.3 is 0 Å². The van der Waals surface area contributed by atoms with Gasteiger partial charge in [0.25, 0.3) is 10.0 Å². The van der Waals surface area contributed by atoms with Crippen molar-refractivity contribution in [1.82, 2.24) is 14.5 Å². The van der Waals surface area contributed by atoms with Crippen LogP contribution in [0.4, 0.5) is 0 Å². The van der Waals surface area contributed by atoms with Crippen molar-refractivity contribution in [2.45, 2.75) is 37.1 Å². The lowest BCUT2D eigenvalue weighted by Crippen LogP contribution is -2.34. The minimum atomic E-state index is -3.33. The van der Waals surface area contributed by atoms with Crippen LogP contribution < -0.4 is 5.32 Å². The van der Waals surface area contributed by atoms with E-state index in [4.69, 9.17) is 0 Å². The van der Waals surface area contributed by atoms with Gasteiger partial charge < -0.3 is 10.2 Å². The molecule has 1 saturated heterocycles. The topological polar surface area (TPSA) is 52.7 Å². The highest BCUT2D eigenvalue weighted by Gasteiger charge is 2.34. The van der Waals surface area contributed by atoms with Gasteiger partial charge in [-0.05, 0) is 45.6 Å². The zero-order valence-corrected chi connectivity index (χ0v) is 14.9. The predicted molar refractivity (Wildman–Crippen MR) is 87.3 cm³/mol. The molecule has 1 aliphatic rings. The van der Waals surface area contributed by atoms with Crippen molar-refractivity contribution in [1.29, 1.82) is 0 Å². The first-order valence-electron chi connectivity index (χ1n) is 7.32. The molecule has 2 rings (SSSR count). The van der Waals surface area contributed by atoms with Crippen LogP contribution in [0.2, 0.25) is 0 Å². The Morgan fingerprint density at radius 3 is 2.76 bits per heavy atom. The van der Waals surface area contributed by atoms with Crippen LogP contribution in [-0.4, -0.2) is 57.4 Å². The van der Waals surface area contributed by atoms with Crippen LogP contribution >= 0.6 is 11.3 Å². The molecular weight excluding hydrogens is 306 g/mol. The van der Waals surface area contributed by atoms with Gasteiger partial charge in [-0.2, -0.15) is 4.31 Å². The van der Waals surface area contributed by atoms with Crippen LogP contribution in [0.5, 0.6) is 0 Å². The van der Waals surface area contributed by atoms with Crippen molar-refractivity contribution < 1.29 is 8.42 Å². The molecule has 0 saturated carbocycles. The Morgan fingerprint density at radius 1 is 1.48 bits per heavy atom. The summed E-state index contributed by atoms with van der Waals surface area (Å²) in [5.74, 6) is 0. The number of rotatable bonds is 6. The fourth-order valence-corrected chi connectivity index (χ4v) is 5.71. The van der Waals surface area contributed by atoms with Gasteiger partial charge in [-0.15, -0.1) is 11.3 Å². The number of nitrogens with one attached hydrogen (secondary N) is 1. The van der Waals surface area contributed by atoms with Gasteiger partial charge in [0.1, 0.15) is 4.21 Å². The van der Waals surface area contributed by atoms with Gasteiger partial charge in [0.2, 0.25) is 0 Å². The largest absolute Gasteiger partial charge is 0.312 e. The van der Waals surface area contributed by atoms with Crippen molar-refractivity contribution in [3.8, 4) is 0 Å². The number of aryl methyl sites for hydroxylation is 1. The molecule has 0 amide bonds. The molecule has 0 aliphatic carbocycles. The van der Waals surface area contributed by atoms with Crippen LogP contribution in [0.1, 0.15) is 23.8 Å². The molecule has 120 valence electrons. The highest BCUT2D eigenvalue weighted by Crippen LogP contribution is 2.30. The van der Waals surface area contributed by atoms with Crippen LogP contribution in [-0.2, 0) is 16.6 Å². The summed E-state index contributed by atoms with van der Waals surface area (Å²) < 4.78 is 27.6. The molecule has 7 heteroatoms. The summed E-state index contributed by atoms with van der Waals surface area (Å²) in [7, 11) is 0.675. The van der Waals surface area contributed by atoms with E-state index in [1.54, 1.807) is 4.31 Å². The summed E-state index contributed by atoms with van der Waals surface area (Å²) in [5, 5.41) is 3.26. The van der Waals surface area contributed by atoms with Crippen molar-refractivity contribution >= 4 is 21.4 Å². The van der Waals surface area contributed by atoms with E-state index in [1.165, 1.54) is 11.3 Å². The summed E-state index contributed by atoms with van der Waals surface area (Å²) in [6.45, 7) is 6.86. The van der Waals surface area contributed by atoms with Crippen molar-refractivity contribution in [2.24, 2.45) is 0 Å². The van der Waals surface area contributed by atoms with Gasteiger partial charge in [-0.3, -0.25) is 0 Å². The van der Waals surface area contributed by atoms with E-state index < -0.39 is 10.0 Å². The van der Waals surface area contributed by atoms with E-state index in [9.17, 15) is 8.42 Å². The number of hydrogen-bond donors (Lipinski definition) is 1. The first kappa shape index (κ1) is 16.9. The monoisotopic (exact) mass is 331 g/mol. The van der Waals surface area contributed by atoms with E-state index in [0.29, 0.717) is 23.3 Å². The second kappa shape index (κ2) is 6.75. The number of hydrogen-bond acceptors (Lipinski definition) is 5. The molecule has 0 bridgehead atoms. The molecule has 1 unspecified atom stereocenters. The average Bonchev–Trinajstić information content (AvgIpc) is 3.03. The maximum atomic E-state index is 12.7. The number of sulfonamides is 1. The Morgan fingerprint density at radius 2 is 2.19 bits per heavy atom. The Labute approximate surface area is 132 Å². The molecule has 1 atom stereocenters. The highest BCUT2D eigenvalue weighted by molar-refractivity contribution is 7.91. The highest BCUT2D eigenvalue weighted by atomic mass is 32.2. The average molecular weight is 332 g/mol. The Hall–Kier alpha value is -0.470. The summed E-state index contributed by atoms with van der Waals surface area (Å²) in [6, 6.07) is 2.14. The van der Waals surface area contributed by atoms with Gasteiger partial charge in [0.15, 0.2) is 0 Å².